The first-order valence-electron chi connectivity index (χ1n) is 13.4. The van der Waals surface area contributed by atoms with Crippen molar-refractivity contribution < 1.29 is 29.3 Å². The minimum Gasteiger partial charge on any atom is -0.550 e. The maximum atomic E-state index is 14.0. The molecule has 4 aromatic rings. The number of aliphatic carboxylic acids is 1. The van der Waals surface area contributed by atoms with Crippen molar-refractivity contribution in [3.8, 4) is 22.3 Å². The van der Waals surface area contributed by atoms with Gasteiger partial charge in [0.15, 0.2) is 0 Å². The summed E-state index contributed by atoms with van der Waals surface area (Å²) in [5, 5.41) is 34.4. The number of halogens is 1. The molecule has 1 aromatic heterocycles. The van der Waals surface area contributed by atoms with Gasteiger partial charge in [0.1, 0.15) is 11.5 Å². The minimum atomic E-state index is -1.41. The average molecular weight is 556 g/mol. The van der Waals surface area contributed by atoms with E-state index in [1.54, 1.807) is 30.3 Å². The van der Waals surface area contributed by atoms with Crippen molar-refractivity contribution in [1.29, 1.82) is 0 Å². The first kappa shape index (κ1) is 29.5. The van der Waals surface area contributed by atoms with Crippen LogP contribution in [0.1, 0.15) is 48.9 Å². The highest BCUT2D eigenvalue weighted by molar-refractivity contribution is 6.11. The fourth-order valence-electron chi connectivity index (χ4n) is 4.87. The molecule has 0 aliphatic carbocycles. The maximum absolute atomic E-state index is 14.0. The highest BCUT2D eigenvalue weighted by atomic mass is 19.1. The highest BCUT2D eigenvalue weighted by Crippen LogP contribution is 2.42. The Morgan fingerprint density at radius 2 is 1.49 bits per heavy atom. The van der Waals surface area contributed by atoms with E-state index in [-0.39, 0.29) is 18.4 Å². The van der Waals surface area contributed by atoms with Crippen molar-refractivity contribution in [2.45, 2.75) is 44.9 Å². The van der Waals surface area contributed by atoms with Gasteiger partial charge in [-0.05, 0) is 55.3 Å². The van der Waals surface area contributed by atoms with E-state index in [0.717, 1.165) is 5.56 Å². The van der Waals surface area contributed by atoms with Crippen LogP contribution in [0.3, 0.4) is 0 Å². The lowest BCUT2D eigenvalue weighted by Gasteiger charge is -2.17. The number of carbonyl (C=O) groups excluding carboxylic acids is 2. The zero-order valence-corrected chi connectivity index (χ0v) is 22.8. The van der Waals surface area contributed by atoms with Crippen LogP contribution in [0.15, 0.2) is 91.0 Å². The maximum Gasteiger partial charge on any atom is 0.272 e. The van der Waals surface area contributed by atoms with Crippen molar-refractivity contribution in [2.75, 3.05) is 5.32 Å². The van der Waals surface area contributed by atoms with E-state index in [0.29, 0.717) is 33.8 Å². The van der Waals surface area contributed by atoms with Gasteiger partial charge in [-0.1, -0.05) is 66.7 Å². The zero-order valence-electron chi connectivity index (χ0n) is 22.8. The van der Waals surface area contributed by atoms with Crippen molar-refractivity contribution >= 4 is 23.6 Å². The fourth-order valence-corrected chi connectivity index (χ4v) is 4.87. The Balaban J connectivity index is 1.96. The van der Waals surface area contributed by atoms with Crippen LogP contribution in [0.5, 0.6) is 0 Å². The molecule has 41 heavy (non-hydrogen) atoms. The number of carbonyl (C=O) groups is 2. The number of hydrogen-bond donors (Lipinski definition) is 3. The Kier molecular flexibility index (Phi) is 9.49. The van der Waals surface area contributed by atoms with E-state index in [4.69, 9.17) is 0 Å². The molecular weight excluding hydrogens is 523 g/mol. The lowest BCUT2D eigenvalue weighted by atomic mass is 9.94. The molecule has 0 radical (unpaired) electrons. The Morgan fingerprint density at radius 1 is 0.902 bits per heavy atom. The molecule has 0 fully saturated rings. The third-order valence-corrected chi connectivity index (χ3v) is 6.59. The van der Waals surface area contributed by atoms with E-state index < -0.39 is 30.4 Å². The molecule has 8 heteroatoms. The number of anilines is 1. The second kappa shape index (κ2) is 13.2. The molecule has 0 saturated carbocycles. The SMILES string of the molecule is CC(C)n1c(/C=C/[C@@H](O)C[C@@H](O)CC(=O)[O-])c(-c2ccc(F)cc2)c(-c2ccccc2)c1C(=O)Nc1ccccc1. The molecule has 4 rings (SSSR count). The molecule has 0 aliphatic heterocycles. The lowest BCUT2D eigenvalue weighted by Crippen LogP contribution is -2.29. The molecule has 3 aromatic carbocycles. The molecule has 7 nitrogen and oxygen atoms in total. The van der Waals surface area contributed by atoms with Gasteiger partial charge in [-0.2, -0.15) is 0 Å². The molecule has 0 unspecified atom stereocenters. The summed E-state index contributed by atoms with van der Waals surface area (Å²) in [5.74, 6) is -2.17. The number of hydrogen-bond acceptors (Lipinski definition) is 5. The van der Waals surface area contributed by atoms with E-state index in [1.165, 1.54) is 18.2 Å². The highest BCUT2D eigenvalue weighted by Gasteiger charge is 2.29. The zero-order chi connectivity index (χ0) is 29.5. The van der Waals surface area contributed by atoms with Crippen LogP contribution in [0.25, 0.3) is 28.3 Å². The number of carboxylic acid groups (broad SMARTS) is 1. The normalized spacial score (nSPS) is 12.9. The van der Waals surface area contributed by atoms with Gasteiger partial charge in [0.2, 0.25) is 0 Å². The van der Waals surface area contributed by atoms with Gasteiger partial charge in [0, 0.05) is 47.4 Å². The molecule has 1 amide bonds. The van der Waals surface area contributed by atoms with Gasteiger partial charge in [-0.15, -0.1) is 0 Å². The van der Waals surface area contributed by atoms with Crippen LogP contribution >= 0.6 is 0 Å². The minimum absolute atomic E-state index is 0.217. The number of benzene rings is 3. The van der Waals surface area contributed by atoms with Crippen LogP contribution in [-0.2, 0) is 4.79 Å². The average Bonchev–Trinajstić information content (AvgIpc) is 3.28. The molecule has 3 N–H and O–H groups in total. The summed E-state index contributed by atoms with van der Waals surface area (Å²) < 4.78 is 15.9. The molecule has 0 bridgehead atoms. The number of carboxylic acids is 1. The second-order valence-corrected chi connectivity index (χ2v) is 10.0. The number of aliphatic hydroxyl groups is 2. The van der Waals surface area contributed by atoms with Crippen molar-refractivity contribution in [2.24, 2.45) is 0 Å². The molecule has 2 atom stereocenters. The van der Waals surface area contributed by atoms with Crippen molar-refractivity contribution in [3.05, 3.63) is 108 Å². The molecule has 0 spiro atoms. The fraction of sp³-hybridized carbons (Fsp3) is 0.212. The molecular formula is C33H32FN2O5-. The summed E-state index contributed by atoms with van der Waals surface area (Å²) in [4.78, 5) is 24.9. The Hall–Kier alpha value is -4.53. The molecule has 0 saturated heterocycles. The van der Waals surface area contributed by atoms with E-state index >= 15 is 0 Å². The van der Waals surface area contributed by atoms with Gasteiger partial charge in [0.25, 0.3) is 5.91 Å². The second-order valence-electron chi connectivity index (χ2n) is 10.0. The molecule has 0 aliphatic rings. The van der Waals surface area contributed by atoms with Gasteiger partial charge < -0.3 is 30.0 Å². The summed E-state index contributed by atoms with van der Waals surface area (Å²) in [6, 6.07) is 24.2. The molecule has 212 valence electrons. The number of aromatic nitrogens is 1. The number of nitrogens with one attached hydrogen (secondary N) is 1. The summed E-state index contributed by atoms with van der Waals surface area (Å²) in [5.41, 5.74) is 4.28. The largest absolute Gasteiger partial charge is 0.550 e. The third kappa shape index (κ3) is 7.16. The predicted octanol–water partition coefficient (Wildman–Crippen LogP) is 5.06. The summed E-state index contributed by atoms with van der Waals surface area (Å²) in [6.45, 7) is 3.86. The Labute approximate surface area is 238 Å². The van der Waals surface area contributed by atoms with Gasteiger partial charge in [0.05, 0.1) is 12.2 Å². The quantitative estimate of drug-likeness (QED) is 0.239. The smallest absolute Gasteiger partial charge is 0.272 e. The number of nitrogens with zero attached hydrogens (tertiary/aromatic N) is 1. The van der Waals surface area contributed by atoms with Gasteiger partial charge in [-0.25, -0.2) is 4.39 Å². The molecule has 1 heterocycles. The summed E-state index contributed by atoms with van der Waals surface area (Å²) in [6.07, 6.45) is -0.182. The Bertz CT molecular complexity index is 1510. The first-order valence-corrected chi connectivity index (χ1v) is 13.4. The monoisotopic (exact) mass is 555 g/mol. The van der Waals surface area contributed by atoms with Crippen molar-refractivity contribution in [1.82, 2.24) is 4.57 Å². The number of rotatable bonds is 11. The number of aliphatic hydroxyl groups excluding tert-OH is 2. The lowest BCUT2D eigenvalue weighted by molar-refractivity contribution is -0.307. The topological polar surface area (TPSA) is 115 Å². The predicted molar refractivity (Wildman–Crippen MR) is 155 cm³/mol. The summed E-state index contributed by atoms with van der Waals surface area (Å²) in [7, 11) is 0. The van der Waals surface area contributed by atoms with Crippen LogP contribution in [0.4, 0.5) is 10.1 Å². The van der Waals surface area contributed by atoms with Crippen LogP contribution in [-0.4, -0.2) is 38.9 Å². The standard InChI is InChI=1S/C33H33FN2O5/c1-21(2)36-28(18-17-26(37)19-27(38)20-29(39)40)30(23-13-15-24(34)16-14-23)31(22-9-5-3-6-10-22)32(36)33(41)35-25-11-7-4-8-12-25/h3-18,21,26-27,37-38H,19-20H2,1-2H3,(H,35,41)(H,39,40)/p-1/b18-17+/t26-,27-/m1/s1. The van der Waals surface area contributed by atoms with E-state index in [1.807, 2.05) is 66.9 Å². The Morgan fingerprint density at radius 3 is 2.07 bits per heavy atom. The van der Waals surface area contributed by atoms with Crippen molar-refractivity contribution in [3.63, 3.8) is 0 Å². The van der Waals surface area contributed by atoms with Gasteiger partial charge >= 0.3 is 0 Å². The van der Waals surface area contributed by atoms with E-state index in [2.05, 4.69) is 5.32 Å². The number of para-hydroxylation sites is 1. The summed E-state index contributed by atoms with van der Waals surface area (Å²) >= 11 is 0. The van der Waals surface area contributed by atoms with Crippen LogP contribution < -0.4 is 10.4 Å². The van der Waals surface area contributed by atoms with Crippen LogP contribution in [0.2, 0.25) is 0 Å². The van der Waals surface area contributed by atoms with Gasteiger partial charge in [-0.3, -0.25) is 4.79 Å². The van der Waals surface area contributed by atoms with Crippen LogP contribution in [0, 0.1) is 5.82 Å². The first-order chi connectivity index (χ1) is 19.7. The third-order valence-electron chi connectivity index (χ3n) is 6.59. The van der Waals surface area contributed by atoms with E-state index in [9.17, 15) is 29.3 Å². The number of amides is 1.